The molecule has 0 radical (unpaired) electrons. The SMILES string of the molecule is CN1CCN(c2cc(N3CCCN(c4ccc(C(F)(F)F)cn4)CC3)c(F)cc2CNNC(N)=S)CC1. The summed E-state index contributed by atoms with van der Waals surface area (Å²) >= 11 is 4.84. The van der Waals surface area contributed by atoms with Crippen LogP contribution in [0.4, 0.5) is 34.8 Å². The van der Waals surface area contributed by atoms with Gasteiger partial charge in [-0.25, -0.2) is 14.8 Å². The first-order valence-corrected chi connectivity index (χ1v) is 12.6. The van der Waals surface area contributed by atoms with Crippen molar-refractivity contribution >= 4 is 34.5 Å². The third kappa shape index (κ3) is 6.90. The second kappa shape index (κ2) is 11.7. The molecule has 0 unspecified atom stereocenters. The summed E-state index contributed by atoms with van der Waals surface area (Å²) in [5.41, 5.74) is 12.6. The number of nitrogens with zero attached hydrogens (tertiary/aromatic N) is 5. The lowest BCUT2D eigenvalue weighted by molar-refractivity contribution is -0.137. The minimum Gasteiger partial charge on any atom is -0.375 e. The van der Waals surface area contributed by atoms with Crippen LogP contribution < -0.4 is 31.3 Å². The summed E-state index contributed by atoms with van der Waals surface area (Å²) in [7, 11) is 2.08. The summed E-state index contributed by atoms with van der Waals surface area (Å²) in [6.07, 6.45) is -2.85. The van der Waals surface area contributed by atoms with E-state index in [-0.39, 0.29) is 10.9 Å². The van der Waals surface area contributed by atoms with Crippen molar-refractivity contribution in [1.29, 1.82) is 0 Å². The van der Waals surface area contributed by atoms with Crippen LogP contribution >= 0.6 is 12.2 Å². The number of aromatic nitrogens is 1. The fraction of sp³-hybridized carbons (Fsp3) is 0.500. The molecule has 2 aliphatic rings. The van der Waals surface area contributed by atoms with E-state index in [0.29, 0.717) is 50.6 Å². The van der Waals surface area contributed by atoms with Gasteiger partial charge in [-0.1, -0.05) is 0 Å². The van der Waals surface area contributed by atoms with Crippen LogP contribution in [0.25, 0.3) is 0 Å². The summed E-state index contributed by atoms with van der Waals surface area (Å²) in [4.78, 5) is 12.5. The molecule has 0 bridgehead atoms. The van der Waals surface area contributed by atoms with Gasteiger partial charge in [0.2, 0.25) is 0 Å². The third-order valence-electron chi connectivity index (χ3n) is 6.72. The number of nitrogens with one attached hydrogen (secondary N) is 2. The number of nitrogens with two attached hydrogens (primary N) is 1. The van der Waals surface area contributed by atoms with E-state index in [1.807, 2.05) is 15.9 Å². The van der Waals surface area contributed by atoms with Crippen molar-refractivity contribution in [2.24, 2.45) is 5.73 Å². The van der Waals surface area contributed by atoms with E-state index in [1.165, 1.54) is 6.07 Å². The number of thiocarbonyl (C=S) groups is 1. The van der Waals surface area contributed by atoms with Crippen molar-refractivity contribution in [2.75, 3.05) is 74.1 Å². The molecule has 2 aromatic rings. The van der Waals surface area contributed by atoms with E-state index in [0.717, 1.165) is 49.7 Å². The Balaban J connectivity index is 1.52. The topological polar surface area (TPSA) is 75.9 Å². The minimum atomic E-state index is -4.42. The number of benzene rings is 1. The second-order valence-electron chi connectivity index (χ2n) is 9.30. The molecule has 0 saturated carbocycles. The van der Waals surface area contributed by atoms with Crippen LogP contribution in [-0.4, -0.2) is 74.4 Å². The predicted molar refractivity (Wildman–Crippen MR) is 141 cm³/mol. The zero-order valence-corrected chi connectivity index (χ0v) is 21.5. The lowest BCUT2D eigenvalue weighted by atomic mass is 10.1. The molecule has 8 nitrogen and oxygen atoms in total. The number of hydrogen-bond acceptors (Lipinski definition) is 7. The van der Waals surface area contributed by atoms with Crippen LogP contribution in [-0.2, 0) is 12.7 Å². The van der Waals surface area contributed by atoms with E-state index in [1.54, 1.807) is 6.07 Å². The van der Waals surface area contributed by atoms with Crippen molar-refractivity contribution in [3.63, 3.8) is 0 Å². The largest absolute Gasteiger partial charge is 0.417 e. The molecule has 0 atom stereocenters. The van der Waals surface area contributed by atoms with Crippen molar-refractivity contribution < 1.29 is 17.6 Å². The average Bonchev–Trinajstić information content (AvgIpc) is 3.10. The smallest absolute Gasteiger partial charge is 0.375 e. The average molecular weight is 541 g/mol. The van der Waals surface area contributed by atoms with E-state index in [9.17, 15) is 13.2 Å². The molecule has 4 rings (SSSR count). The molecule has 1 aromatic heterocycles. The Hall–Kier alpha value is -2.90. The lowest BCUT2D eigenvalue weighted by Crippen LogP contribution is -2.45. The van der Waals surface area contributed by atoms with E-state index >= 15 is 4.39 Å². The van der Waals surface area contributed by atoms with Crippen LogP contribution in [0.15, 0.2) is 30.5 Å². The fourth-order valence-electron chi connectivity index (χ4n) is 4.67. The zero-order chi connectivity index (χ0) is 26.6. The van der Waals surface area contributed by atoms with Crippen LogP contribution in [0.1, 0.15) is 17.5 Å². The quantitative estimate of drug-likeness (QED) is 0.291. The summed E-state index contributed by atoms with van der Waals surface area (Å²) in [6, 6.07) is 5.90. The van der Waals surface area contributed by atoms with Gasteiger partial charge in [0.05, 0.1) is 11.3 Å². The van der Waals surface area contributed by atoms with E-state index in [4.69, 9.17) is 18.0 Å². The fourth-order valence-corrected chi connectivity index (χ4v) is 4.74. The van der Waals surface area contributed by atoms with Gasteiger partial charge in [-0.05, 0) is 55.5 Å². The molecule has 0 amide bonds. The first-order valence-electron chi connectivity index (χ1n) is 12.2. The van der Waals surface area contributed by atoms with Crippen LogP contribution in [0.2, 0.25) is 0 Å². The number of piperazine rings is 1. The normalized spacial score (nSPS) is 17.6. The van der Waals surface area contributed by atoms with Crippen molar-refractivity contribution in [1.82, 2.24) is 20.7 Å². The van der Waals surface area contributed by atoms with Gasteiger partial charge < -0.3 is 25.3 Å². The molecule has 4 N–H and O–H groups in total. The van der Waals surface area contributed by atoms with E-state index < -0.39 is 11.7 Å². The van der Waals surface area contributed by atoms with Gasteiger partial charge in [0, 0.05) is 70.8 Å². The number of likely N-dealkylation sites (N-methyl/N-ethyl adjacent to an activating group) is 1. The number of alkyl halides is 3. The molecular weight excluding hydrogens is 508 g/mol. The van der Waals surface area contributed by atoms with Crippen molar-refractivity contribution in [3.8, 4) is 0 Å². The Morgan fingerprint density at radius 2 is 1.62 bits per heavy atom. The number of halogens is 4. The van der Waals surface area contributed by atoms with Gasteiger partial charge >= 0.3 is 6.18 Å². The van der Waals surface area contributed by atoms with Crippen molar-refractivity contribution in [2.45, 2.75) is 19.1 Å². The number of rotatable bonds is 6. The Morgan fingerprint density at radius 1 is 0.973 bits per heavy atom. The van der Waals surface area contributed by atoms with Gasteiger partial charge in [-0.15, -0.1) is 0 Å². The Kier molecular flexibility index (Phi) is 8.55. The molecule has 37 heavy (non-hydrogen) atoms. The van der Waals surface area contributed by atoms with Crippen molar-refractivity contribution in [3.05, 3.63) is 47.4 Å². The standard InChI is InChI=1S/C24H32F4N8S/c1-33-7-9-35(10-8-33)20-14-21(19(25)13-17(20)15-31-32-23(29)37)34-5-2-6-36(12-11-34)22-4-3-18(16-30-22)24(26,27)28/h3-4,13-14,16,31H,2,5-12,15H2,1H3,(H3,29,32,37). The Morgan fingerprint density at radius 3 is 2.27 bits per heavy atom. The van der Waals surface area contributed by atoms with Gasteiger partial charge in [0.15, 0.2) is 5.11 Å². The number of anilines is 3. The maximum atomic E-state index is 15.4. The summed E-state index contributed by atoms with van der Waals surface area (Å²) in [5, 5.41) is 0.106. The highest BCUT2D eigenvalue weighted by Crippen LogP contribution is 2.32. The molecule has 2 fully saturated rings. The van der Waals surface area contributed by atoms with Gasteiger partial charge in [-0.2, -0.15) is 13.2 Å². The zero-order valence-electron chi connectivity index (χ0n) is 20.7. The Bertz CT molecular complexity index is 1070. The van der Waals surface area contributed by atoms with Gasteiger partial charge in [0.25, 0.3) is 0 Å². The third-order valence-corrected chi connectivity index (χ3v) is 6.82. The monoisotopic (exact) mass is 540 g/mol. The molecule has 1 aromatic carbocycles. The molecule has 0 spiro atoms. The van der Waals surface area contributed by atoms with Crippen LogP contribution in [0.3, 0.4) is 0 Å². The maximum absolute atomic E-state index is 15.4. The summed E-state index contributed by atoms with van der Waals surface area (Å²) < 4.78 is 54.1. The highest BCUT2D eigenvalue weighted by atomic mass is 32.1. The number of hydrogen-bond donors (Lipinski definition) is 3. The number of pyridine rings is 1. The van der Waals surface area contributed by atoms with E-state index in [2.05, 4.69) is 32.7 Å². The molecular formula is C24H32F4N8S. The van der Waals surface area contributed by atoms with Gasteiger partial charge in [-0.3, -0.25) is 5.43 Å². The molecule has 2 saturated heterocycles. The molecule has 13 heteroatoms. The second-order valence-corrected chi connectivity index (χ2v) is 9.74. The predicted octanol–water partition coefficient (Wildman–Crippen LogP) is 2.55. The number of hydrazine groups is 1. The highest BCUT2D eigenvalue weighted by Gasteiger charge is 2.31. The lowest BCUT2D eigenvalue weighted by Gasteiger charge is -2.36. The van der Waals surface area contributed by atoms with Gasteiger partial charge in [0.1, 0.15) is 11.6 Å². The first kappa shape index (κ1) is 27.1. The molecule has 3 heterocycles. The molecule has 0 aliphatic carbocycles. The maximum Gasteiger partial charge on any atom is 0.417 e. The molecule has 202 valence electrons. The summed E-state index contributed by atoms with van der Waals surface area (Å²) in [6.45, 7) is 6.07. The first-order chi connectivity index (χ1) is 17.6. The minimum absolute atomic E-state index is 0.106. The molecule has 2 aliphatic heterocycles. The van der Waals surface area contributed by atoms with Crippen LogP contribution in [0, 0.1) is 5.82 Å². The Labute approximate surface area is 219 Å². The summed E-state index contributed by atoms with van der Waals surface area (Å²) in [5.74, 6) is 0.159. The highest BCUT2D eigenvalue weighted by molar-refractivity contribution is 7.80. The van der Waals surface area contributed by atoms with Crippen LogP contribution in [0.5, 0.6) is 0 Å².